The fourth-order valence-electron chi connectivity index (χ4n) is 0.856. The summed E-state index contributed by atoms with van der Waals surface area (Å²) in [6.07, 6.45) is 7.46. The summed E-state index contributed by atoms with van der Waals surface area (Å²) in [6.45, 7) is 2.19. The highest BCUT2D eigenvalue weighted by molar-refractivity contribution is 5.07. The van der Waals surface area contributed by atoms with E-state index in [9.17, 15) is 0 Å². The Morgan fingerprint density at radius 2 is 2.50 bits per heavy atom. The molecule has 0 aliphatic carbocycles. The van der Waals surface area contributed by atoms with Gasteiger partial charge in [0.15, 0.2) is 0 Å². The molecule has 1 heteroatoms. The molecule has 0 atom stereocenters. The highest BCUT2D eigenvalue weighted by atomic mass is 16.3. The van der Waals surface area contributed by atoms with Gasteiger partial charge >= 0.3 is 0 Å². The van der Waals surface area contributed by atoms with Crippen LogP contribution in [0.3, 0.4) is 0 Å². The highest BCUT2D eigenvalue weighted by Gasteiger charge is 1.93. The molecule has 1 heterocycles. The van der Waals surface area contributed by atoms with Gasteiger partial charge in [-0.3, -0.25) is 0 Å². The van der Waals surface area contributed by atoms with Crippen LogP contribution in [0.4, 0.5) is 0 Å². The van der Waals surface area contributed by atoms with Crippen LogP contribution in [0.25, 0.3) is 0 Å². The number of hydrogen-bond donors (Lipinski definition) is 0. The van der Waals surface area contributed by atoms with Gasteiger partial charge in [0.05, 0.1) is 6.26 Å². The Kier molecular flexibility index (Phi) is 3.07. The van der Waals surface area contributed by atoms with Crippen LogP contribution in [0, 0.1) is 6.42 Å². The van der Waals surface area contributed by atoms with Crippen molar-refractivity contribution in [1.29, 1.82) is 0 Å². The van der Waals surface area contributed by atoms with Crippen molar-refractivity contribution in [3.8, 4) is 0 Å². The second-order valence-electron chi connectivity index (χ2n) is 2.36. The molecule has 0 aliphatic heterocycles. The standard InChI is InChI=1S/C9H13O/c1-2-3-4-6-9-7-5-8-10-9/h5-8H,2-4H2,1H3. The van der Waals surface area contributed by atoms with E-state index in [0.29, 0.717) is 0 Å². The molecule has 0 aliphatic rings. The van der Waals surface area contributed by atoms with Crippen molar-refractivity contribution < 1.29 is 4.42 Å². The minimum Gasteiger partial charge on any atom is -0.469 e. The average molecular weight is 137 g/mol. The number of rotatable bonds is 4. The van der Waals surface area contributed by atoms with Crippen molar-refractivity contribution >= 4 is 0 Å². The SMILES string of the molecule is CCCC[CH]c1ccco1. The van der Waals surface area contributed by atoms with E-state index in [1.54, 1.807) is 6.26 Å². The summed E-state index contributed by atoms with van der Waals surface area (Å²) in [5, 5.41) is 0. The monoisotopic (exact) mass is 137 g/mol. The fourth-order valence-corrected chi connectivity index (χ4v) is 0.856. The molecule has 0 unspecified atom stereocenters. The van der Waals surface area contributed by atoms with Gasteiger partial charge in [-0.05, 0) is 18.6 Å². The zero-order valence-electron chi connectivity index (χ0n) is 6.34. The molecule has 0 aromatic carbocycles. The lowest BCUT2D eigenvalue weighted by atomic mass is 10.2. The van der Waals surface area contributed by atoms with E-state index in [0.717, 1.165) is 12.2 Å². The van der Waals surface area contributed by atoms with Crippen molar-refractivity contribution in [3.05, 3.63) is 30.6 Å². The van der Waals surface area contributed by atoms with E-state index in [2.05, 4.69) is 13.3 Å². The molecule has 0 fully saturated rings. The Morgan fingerprint density at radius 3 is 3.10 bits per heavy atom. The largest absolute Gasteiger partial charge is 0.469 e. The lowest BCUT2D eigenvalue weighted by Crippen LogP contribution is -1.76. The van der Waals surface area contributed by atoms with Crippen LogP contribution in [0.1, 0.15) is 31.9 Å². The second kappa shape index (κ2) is 4.15. The molecule has 0 spiro atoms. The third-order valence-electron chi connectivity index (χ3n) is 1.45. The van der Waals surface area contributed by atoms with E-state index >= 15 is 0 Å². The number of hydrogen-bond acceptors (Lipinski definition) is 1. The molecule has 1 aromatic heterocycles. The summed E-state index contributed by atoms with van der Waals surface area (Å²) in [6, 6.07) is 3.90. The van der Waals surface area contributed by atoms with Crippen LogP contribution < -0.4 is 0 Å². The van der Waals surface area contributed by atoms with Gasteiger partial charge < -0.3 is 4.42 Å². The third kappa shape index (κ3) is 2.26. The zero-order chi connectivity index (χ0) is 7.23. The summed E-state index contributed by atoms with van der Waals surface area (Å²) in [5.74, 6) is 0.994. The number of unbranched alkanes of at least 4 members (excludes halogenated alkanes) is 2. The van der Waals surface area contributed by atoms with Crippen LogP contribution >= 0.6 is 0 Å². The normalized spacial score (nSPS) is 10.1. The van der Waals surface area contributed by atoms with Crippen LogP contribution in [0.15, 0.2) is 22.8 Å². The summed E-state index contributed by atoms with van der Waals surface area (Å²) in [7, 11) is 0. The average Bonchev–Trinajstić information content (AvgIpc) is 2.41. The summed E-state index contributed by atoms with van der Waals surface area (Å²) in [4.78, 5) is 0. The molecule has 0 amide bonds. The Labute approximate surface area is 62.1 Å². The van der Waals surface area contributed by atoms with Gasteiger partial charge in [-0.15, -0.1) is 0 Å². The fraction of sp³-hybridized carbons (Fsp3) is 0.444. The first-order valence-corrected chi connectivity index (χ1v) is 3.80. The maximum absolute atomic E-state index is 5.12. The van der Waals surface area contributed by atoms with Crippen LogP contribution in [0.2, 0.25) is 0 Å². The molecule has 55 valence electrons. The van der Waals surface area contributed by atoms with E-state index in [1.165, 1.54) is 12.8 Å². The van der Waals surface area contributed by atoms with E-state index in [-0.39, 0.29) is 0 Å². The van der Waals surface area contributed by atoms with Gasteiger partial charge in [0.25, 0.3) is 0 Å². The molecule has 0 bridgehead atoms. The molecule has 1 aromatic rings. The molecule has 1 rings (SSSR count). The Balaban J connectivity index is 2.15. The smallest absolute Gasteiger partial charge is 0.107 e. The lowest BCUT2D eigenvalue weighted by Gasteiger charge is -1.92. The molecule has 0 saturated carbocycles. The lowest BCUT2D eigenvalue weighted by molar-refractivity contribution is 0.532. The molecule has 0 saturated heterocycles. The van der Waals surface area contributed by atoms with Crippen LogP contribution in [0.5, 0.6) is 0 Å². The predicted molar refractivity (Wildman–Crippen MR) is 41.6 cm³/mol. The van der Waals surface area contributed by atoms with E-state index in [4.69, 9.17) is 4.42 Å². The van der Waals surface area contributed by atoms with E-state index < -0.39 is 0 Å². The Morgan fingerprint density at radius 1 is 1.60 bits per heavy atom. The molecular formula is C9H13O. The molecule has 1 radical (unpaired) electrons. The Bertz CT molecular complexity index is 153. The first-order chi connectivity index (χ1) is 4.93. The molecule has 0 N–H and O–H groups in total. The van der Waals surface area contributed by atoms with Crippen molar-refractivity contribution in [3.63, 3.8) is 0 Å². The van der Waals surface area contributed by atoms with Crippen molar-refractivity contribution in [2.75, 3.05) is 0 Å². The minimum absolute atomic E-state index is 0.994. The van der Waals surface area contributed by atoms with Gasteiger partial charge in [-0.2, -0.15) is 0 Å². The summed E-state index contributed by atoms with van der Waals surface area (Å²) < 4.78 is 5.12. The topological polar surface area (TPSA) is 13.1 Å². The maximum atomic E-state index is 5.12. The third-order valence-corrected chi connectivity index (χ3v) is 1.45. The maximum Gasteiger partial charge on any atom is 0.107 e. The van der Waals surface area contributed by atoms with Crippen molar-refractivity contribution in [2.24, 2.45) is 0 Å². The van der Waals surface area contributed by atoms with Crippen molar-refractivity contribution in [1.82, 2.24) is 0 Å². The first-order valence-electron chi connectivity index (χ1n) is 3.80. The zero-order valence-corrected chi connectivity index (χ0v) is 6.34. The van der Waals surface area contributed by atoms with Gasteiger partial charge in [-0.1, -0.05) is 19.8 Å². The van der Waals surface area contributed by atoms with Crippen LogP contribution in [-0.2, 0) is 0 Å². The molecule has 10 heavy (non-hydrogen) atoms. The number of furan rings is 1. The quantitative estimate of drug-likeness (QED) is 0.581. The molecule has 1 nitrogen and oxygen atoms in total. The summed E-state index contributed by atoms with van der Waals surface area (Å²) in [5.41, 5.74) is 0. The first kappa shape index (κ1) is 7.39. The minimum atomic E-state index is 0.994. The Hall–Kier alpha value is -0.720. The van der Waals surface area contributed by atoms with Crippen LogP contribution in [-0.4, -0.2) is 0 Å². The highest BCUT2D eigenvalue weighted by Crippen LogP contribution is 2.08. The predicted octanol–water partition coefficient (Wildman–Crippen LogP) is 3.02. The van der Waals surface area contributed by atoms with Gasteiger partial charge in [0.1, 0.15) is 5.76 Å². The second-order valence-corrected chi connectivity index (χ2v) is 2.36. The van der Waals surface area contributed by atoms with E-state index in [1.807, 2.05) is 12.1 Å². The van der Waals surface area contributed by atoms with Gasteiger partial charge in [-0.25, -0.2) is 0 Å². The van der Waals surface area contributed by atoms with Crippen molar-refractivity contribution in [2.45, 2.75) is 26.2 Å². The van der Waals surface area contributed by atoms with Gasteiger partial charge in [0.2, 0.25) is 0 Å². The van der Waals surface area contributed by atoms with Gasteiger partial charge in [0, 0.05) is 6.42 Å². The molecular weight excluding hydrogens is 124 g/mol. The summed E-state index contributed by atoms with van der Waals surface area (Å²) >= 11 is 0.